The number of benzene rings is 2. The molecule has 136 valence electrons. The van der Waals surface area contributed by atoms with E-state index in [-0.39, 0.29) is 0 Å². The number of hydrogen-bond donors (Lipinski definition) is 1. The van der Waals surface area contributed by atoms with Gasteiger partial charge in [-0.05, 0) is 24.3 Å². The number of methoxy groups -OCH3 is 2. The van der Waals surface area contributed by atoms with Crippen molar-refractivity contribution < 1.29 is 9.47 Å². The van der Waals surface area contributed by atoms with Gasteiger partial charge in [-0.2, -0.15) is 10.1 Å². The molecule has 0 spiro atoms. The molecule has 0 saturated heterocycles. The number of rotatable bonds is 5. The highest BCUT2D eigenvalue weighted by molar-refractivity contribution is 6.04. The maximum Gasteiger partial charge on any atom is 0.265 e. The van der Waals surface area contributed by atoms with E-state index in [1.165, 1.54) is 0 Å². The Kier molecular flexibility index (Phi) is 4.29. The Balaban J connectivity index is 1.64. The van der Waals surface area contributed by atoms with Crippen LogP contribution in [0.2, 0.25) is 0 Å². The molecule has 0 aliphatic carbocycles. The molecule has 0 atom stereocenters. The van der Waals surface area contributed by atoms with Crippen LogP contribution in [0.3, 0.4) is 0 Å². The van der Waals surface area contributed by atoms with Gasteiger partial charge in [-0.3, -0.25) is 0 Å². The monoisotopic (exact) mass is 362 g/mol. The molecule has 0 aliphatic heterocycles. The minimum absolute atomic E-state index is 0.312. The van der Waals surface area contributed by atoms with Gasteiger partial charge in [-0.1, -0.05) is 18.2 Å². The number of anilines is 1. The number of para-hydroxylation sites is 1. The van der Waals surface area contributed by atoms with Crippen molar-refractivity contribution in [3.8, 4) is 11.5 Å². The Labute approximate surface area is 155 Å². The summed E-state index contributed by atoms with van der Waals surface area (Å²) >= 11 is 0. The predicted octanol–water partition coefficient (Wildman–Crippen LogP) is 2.98. The van der Waals surface area contributed by atoms with Crippen LogP contribution in [0.1, 0.15) is 5.56 Å². The molecule has 8 nitrogen and oxygen atoms in total. The lowest BCUT2D eigenvalue weighted by atomic mass is 10.2. The second-order valence-electron chi connectivity index (χ2n) is 5.86. The number of hydrazone groups is 1. The average molecular weight is 362 g/mol. The Morgan fingerprint density at radius 3 is 2.74 bits per heavy atom. The molecule has 0 fully saturated rings. The van der Waals surface area contributed by atoms with Gasteiger partial charge in [0.1, 0.15) is 17.0 Å². The fourth-order valence-electron chi connectivity index (χ4n) is 2.95. The standard InChI is InChI=1S/C19H18N6O2/c1-25-15-7-5-4-6-14(15)17-18(25)21-19(24-22-17)23-20-11-12-10-13(26-2)8-9-16(12)27-3/h4-11H,1-3H3,(H,21,23,24). The molecule has 4 rings (SSSR count). The second kappa shape index (κ2) is 6.91. The summed E-state index contributed by atoms with van der Waals surface area (Å²) in [6.07, 6.45) is 1.62. The highest BCUT2D eigenvalue weighted by Crippen LogP contribution is 2.25. The van der Waals surface area contributed by atoms with E-state index in [4.69, 9.17) is 9.47 Å². The normalized spacial score (nSPS) is 11.4. The van der Waals surface area contributed by atoms with Crippen LogP contribution < -0.4 is 14.9 Å². The maximum atomic E-state index is 5.33. The third kappa shape index (κ3) is 3.01. The van der Waals surface area contributed by atoms with E-state index in [2.05, 4.69) is 25.7 Å². The van der Waals surface area contributed by atoms with E-state index < -0.39 is 0 Å². The molecule has 2 aromatic heterocycles. The minimum Gasteiger partial charge on any atom is -0.497 e. The van der Waals surface area contributed by atoms with Crippen molar-refractivity contribution in [1.29, 1.82) is 0 Å². The van der Waals surface area contributed by atoms with Gasteiger partial charge in [-0.15, -0.1) is 10.2 Å². The Morgan fingerprint density at radius 1 is 1.07 bits per heavy atom. The number of ether oxygens (including phenoxy) is 2. The third-order valence-electron chi connectivity index (χ3n) is 4.31. The molecule has 0 saturated carbocycles. The van der Waals surface area contributed by atoms with Crippen molar-refractivity contribution in [3.63, 3.8) is 0 Å². The van der Waals surface area contributed by atoms with E-state index in [1.807, 2.05) is 54.1 Å². The van der Waals surface area contributed by atoms with Crippen molar-refractivity contribution in [1.82, 2.24) is 19.7 Å². The van der Waals surface area contributed by atoms with E-state index in [9.17, 15) is 0 Å². The number of nitrogens with zero attached hydrogens (tertiary/aromatic N) is 5. The fraction of sp³-hybridized carbons (Fsp3) is 0.158. The summed E-state index contributed by atoms with van der Waals surface area (Å²) in [5.41, 5.74) is 6.14. The van der Waals surface area contributed by atoms with E-state index in [1.54, 1.807) is 20.4 Å². The van der Waals surface area contributed by atoms with Crippen LogP contribution in [0, 0.1) is 0 Å². The molecule has 2 aromatic carbocycles. The largest absolute Gasteiger partial charge is 0.497 e. The SMILES string of the molecule is COc1ccc(OC)c(C=NNc2nnc3c4ccccc4n(C)c3n2)c1. The van der Waals surface area contributed by atoms with E-state index >= 15 is 0 Å². The van der Waals surface area contributed by atoms with Gasteiger partial charge in [-0.25, -0.2) is 5.43 Å². The van der Waals surface area contributed by atoms with Crippen LogP contribution in [0.25, 0.3) is 22.1 Å². The number of aryl methyl sites for hydroxylation is 1. The van der Waals surface area contributed by atoms with Crippen molar-refractivity contribution in [2.75, 3.05) is 19.6 Å². The molecule has 1 N–H and O–H groups in total. The van der Waals surface area contributed by atoms with Crippen LogP contribution in [0.15, 0.2) is 47.6 Å². The molecule has 0 unspecified atom stereocenters. The van der Waals surface area contributed by atoms with Crippen molar-refractivity contribution in [3.05, 3.63) is 48.0 Å². The summed E-state index contributed by atoms with van der Waals surface area (Å²) < 4.78 is 12.6. The molecular formula is C19H18N6O2. The summed E-state index contributed by atoms with van der Waals surface area (Å²) in [4.78, 5) is 4.53. The first-order chi connectivity index (χ1) is 13.2. The Morgan fingerprint density at radius 2 is 1.93 bits per heavy atom. The quantitative estimate of drug-likeness (QED) is 0.434. The zero-order valence-corrected chi connectivity index (χ0v) is 15.2. The molecule has 8 heteroatoms. The zero-order chi connectivity index (χ0) is 18.8. The van der Waals surface area contributed by atoms with Gasteiger partial charge < -0.3 is 14.0 Å². The predicted molar refractivity (Wildman–Crippen MR) is 105 cm³/mol. The molecule has 0 aliphatic rings. The lowest BCUT2D eigenvalue weighted by Crippen LogP contribution is -2.01. The maximum absolute atomic E-state index is 5.33. The average Bonchev–Trinajstić information content (AvgIpc) is 3.00. The summed E-state index contributed by atoms with van der Waals surface area (Å²) in [6, 6.07) is 13.5. The van der Waals surface area contributed by atoms with Crippen molar-refractivity contribution >= 4 is 34.2 Å². The van der Waals surface area contributed by atoms with Crippen LogP contribution in [0.5, 0.6) is 11.5 Å². The highest BCUT2D eigenvalue weighted by atomic mass is 16.5. The first kappa shape index (κ1) is 16.8. The summed E-state index contributed by atoms with van der Waals surface area (Å²) in [6.45, 7) is 0. The zero-order valence-electron chi connectivity index (χ0n) is 15.2. The molecule has 0 amide bonds. The molecule has 2 heterocycles. The molecule has 27 heavy (non-hydrogen) atoms. The fourth-order valence-corrected chi connectivity index (χ4v) is 2.95. The van der Waals surface area contributed by atoms with E-state index in [0.717, 1.165) is 27.6 Å². The Hall–Kier alpha value is -3.68. The van der Waals surface area contributed by atoms with Gasteiger partial charge in [0.15, 0.2) is 5.65 Å². The minimum atomic E-state index is 0.312. The smallest absolute Gasteiger partial charge is 0.265 e. The number of hydrogen-bond acceptors (Lipinski definition) is 7. The molecule has 4 aromatic rings. The summed E-state index contributed by atoms with van der Waals surface area (Å²) in [5.74, 6) is 1.71. The lowest BCUT2D eigenvalue weighted by molar-refractivity contribution is 0.402. The van der Waals surface area contributed by atoms with Gasteiger partial charge in [0.2, 0.25) is 0 Å². The number of aromatic nitrogens is 4. The van der Waals surface area contributed by atoms with Gasteiger partial charge in [0.05, 0.1) is 26.0 Å². The van der Waals surface area contributed by atoms with Crippen LogP contribution in [-0.4, -0.2) is 40.2 Å². The van der Waals surface area contributed by atoms with Gasteiger partial charge >= 0.3 is 0 Å². The molecule has 0 radical (unpaired) electrons. The lowest BCUT2D eigenvalue weighted by Gasteiger charge is -2.06. The molecule has 0 bridgehead atoms. The van der Waals surface area contributed by atoms with E-state index in [0.29, 0.717) is 17.4 Å². The van der Waals surface area contributed by atoms with Crippen LogP contribution >= 0.6 is 0 Å². The number of nitrogens with one attached hydrogen (secondary N) is 1. The Bertz CT molecular complexity index is 1150. The second-order valence-corrected chi connectivity index (χ2v) is 5.86. The molecular weight excluding hydrogens is 344 g/mol. The van der Waals surface area contributed by atoms with Crippen molar-refractivity contribution in [2.45, 2.75) is 0 Å². The van der Waals surface area contributed by atoms with Crippen LogP contribution in [-0.2, 0) is 7.05 Å². The van der Waals surface area contributed by atoms with Gasteiger partial charge in [0, 0.05) is 18.0 Å². The number of fused-ring (bicyclic) bond motifs is 3. The van der Waals surface area contributed by atoms with Gasteiger partial charge in [0.25, 0.3) is 5.95 Å². The highest BCUT2D eigenvalue weighted by Gasteiger charge is 2.11. The summed E-state index contributed by atoms with van der Waals surface area (Å²) in [7, 11) is 5.17. The summed E-state index contributed by atoms with van der Waals surface area (Å²) in [5, 5.41) is 13.6. The van der Waals surface area contributed by atoms with Crippen molar-refractivity contribution in [2.24, 2.45) is 12.1 Å². The topological polar surface area (TPSA) is 86.5 Å². The van der Waals surface area contributed by atoms with Crippen LogP contribution in [0.4, 0.5) is 5.95 Å². The first-order valence-corrected chi connectivity index (χ1v) is 8.30. The first-order valence-electron chi connectivity index (χ1n) is 8.30. The third-order valence-corrected chi connectivity index (χ3v) is 4.31.